The molecule has 21 heavy (non-hydrogen) atoms. The molecule has 1 N–H and O–H groups in total. The Labute approximate surface area is 130 Å². The van der Waals surface area contributed by atoms with Crippen LogP contribution in [0.1, 0.15) is 58.4 Å². The molecule has 1 aromatic rings. The highest BCUT2D eigenvalue weighted by atomic mass is 15.3. The van der Waals surface area contributed by atoms with Crippen molar-refractivity contribution in [2.75, 3.05) is 19.6 Å². The number of rotatable bonds is 7. The second-order valence-electron chi connectivity index (χ2n) is 6.58. The summed E-state index contributed by atoms with van der Waals surface area (Å²) in [5, 5.41) is 3.77. The Bertz CT molecular complexity index is 403. The van der Waals surface area contributed by atoms with Gasteiger partial charge in [0.05, 0.1) is 5.66 Å². The van der Waals surface area contributed by atoms with E-state index in [1.807, 2.05) is 0 Å². The Balaban J connectivity index is 2.11. The lowest BCUT2D eigenvalue weighted by molar-refractivity contribution is 0.0222. The Kier molecular flexibility index (Phi) is 6.25. The van der Waals surface area contributed by atoms with Crippen LogP contribution in [0.4, 0.5) is 0 Å². The summed E-state index contributed by atoms with van der Waals surface area (Å²) in [7, 11) is 0. The minimum absolute atomic E-state index is 0.000849. The minimum Gasteiger partial charge on any atom is -0.296 e. The Morgan fingerprint density at radius 3 is 2.67 bits per heavy atom. The van der Waals surface area contributed by atoms with Crippen molar-refractivity contribution < 1.29 is 0 Å². The number of hydrogen-bond acceptors (Lipinski definition) is 2. The van der Waals surface area contributed by atoms with Gasteiger partial charge in [-0.3, -0.25) is 10.2 Å². The molecule has 2 rings (SSSR count). The number of benzene rings is 1. The molecule has 0 aliphatic carbocycles. The maximum Gasteiger partial charge on any atom is 0.0946 e. The summed E-state index contributed by atoms with van der Waals surface area (Å²) >= 11 is 0. The lowest BCUT2D eigenvalue weighted by Gasteiger charge is -2.47. The van der Waals surface area contributed by atoms with Crippen LogP contribution in [0.15, 0.2) is 30.3 Å². The van der Waals surface area contributed by atoms with Crippen molar-refractivity contribution in [2.24, 2.45) is 5.92 Å². The molecule has 0 unspecified atom stereocenters. The van der Waals surface area contributed by atoms with Crippen molar-refractivity contribution in [3.8, 4) is 0 Å². The van der Waals surface area contributed by atoms with E-state index in [9.17, 15) is 0 Å². The molecule has 0 bridgehead atoms. The van der Waals surface area contributed by atoms with Gasteiger partial charge in [0.1, 0.15) is 0 Å². The van der Waals surface area contributed by atoms with Gasteiger partial charge >= 0.3 is 0 Å². The summed E-state index contributed by atoms with van der Waals surface area (Å²) in [6.07, 6.45) is 6.59. The average Bonchev–Trinajstić information content (AvgIpc) is 2.54. The van der Waals surface area contributed by atoms with Crippen LogP contribution in [0.3, 0.4) is 0 Å². The summed E-state index contributed by atoms with van der Waals surface area (Å²) in [4.78, 5) is 2.68. The summed E-state index contributed by atoms with van der Waals surface area (Å²) < 4.78 is 0. The summed E-state index contributed by atoms with van der Waals surface area (Å²) in [6, 6.07) is 10.9. The SMILES string of the molecule is CCCC[C@@H](CC)CN1CCCN[C@]1(C)c1ccccc1. The second-order valence-corrected chi connectivity index (χ2v) is 6.58. The fraction of sp³-hybridized carbons (Fsp3) is 0.684. The number of unbranched alkanes of at least 4 members (excludes halogenated alkanes) is 1. The second kappa shape index (κ2) is 7.95. The van der Waals surface area contributed by atoms with Gasteiger partial charge in [0, 0.05) is 13.1 Å². The van der Waals surface area contributed by atoms with E-state index < -0.39 is 0 Å². The first-order valence-electron chi connectivity index (χ1n) is 8.76. The van der Waals surface area contributed by atoms with Crippen molar-refractivity contribution in [3.63, 3.8) is 0 Å². The van der Waals surface area contributed by atoms with Gasteiger partial charge in [-0.05, 0) is 37.8 Å². The highest BCUT2D eigenvalue weighted by Crippen LogP contribution is 2.30. The molecule has 1 heterocycles. The maximum absolute atomic E-state index is 3.77. The molecule has 2 heteroatoms. The summed E-state index contributed by atoms with van der Waals surface area (Å²) in [6.45, 7) is 10.5. The molecule has 0 saturated carbocycles. The first kappa shape index (κ1) is 16.5. The third-order valence-electron chi connectivity index (χ3n) is 5.06. The van der Waals surface area contributed by atoms with Gasteiger partial charge in [-0.15, -0.1) is 0 Å². The van der Waals surface area contributed by atoms with E-state index in [2.05, 4.69) is 61.3 Å². The molecule has 1 fully saturated rings. The topological polar surface area (TPSA) is 15.3 Å². The molecule has 2 nitrogen and oxygen atoms in total. The van der Waals surface area contributed by atoms with Crippen LogP contribution in [0, 0.1) is 5.92 Å². The predicted octanol–water partition coefficient (Wildman–Crippen LogP) is 4.37. The molecular weight excluding hydrogens is 256 g/mol. The third kappa shape index (κ3) is 4.08. The molecule has 0 radical (unpaired) electrons. The third-order valence-corrected chi connectivity index (χ3v) is 5.06. The largest absolute Gasteiger partial charge is 0.296 e. The Morgan fingerprint density at radius 1 is 1.24 bits per heavy atom. The smallest absolute Gasteiger partial charge is 0.0946 e. The molecule has 1 aromatic carbocycles. The van der Waals surface area contributed by atoms with Gasteiger partial charge in [0.2, 0.25) is 0 Å². The maximum atomic E-state index is 3.77. The molecule has 1 aliphatic heterocycles. The molecule has 0 aromatic heterocycles. The van der Waals surface area contributed by atoms with Gasteiger partial charge in [-0.1, -0.05) is 63.4 Å². The zero-order valence-corrected chi connectivity index (χ0v) is 14.1. The predicted molar refractivity (Wildman–Crippen MR) is 91.3 cm³/mol. The Hall–Kier alpha value is -0.860. The van der Waals surface area contributed by atoms with Gasteiger partial charge in [0.25, 0.3) is 0 Å². The van der Waals surface area contributed by atoms with Gasteiger partial charge in [-0.25, -0.2) is 0 Å². The molecule has 1 aliphatic rings. The molecular formula is C19H32N2. The molecule has 0 spiro atoms. The summed E-state index contributed by atoms with van der Waals surface area (Å²) in [5.41, 5.74) is 1.40. The first-order chi connectivity index (χ1) is 10.2. The number of nitrogens with one attached hydrogen (secondary N) is 1. The van der Waals surface area contributed by atoms with Crippen molar-refractivity contribution >= 4 is 0 Å². The zero-order valence-electron chi connectivity index (χ0n) is 14.1. The minimum atomic E-state index is -0.000849. The van der Waals surface area contributed by atoms with E-state index in [0.29, 0.717) is 0 Å². The van der Waals surface area contributed by atoms with Crippen molar-refractivity contribution in [3.05, 3.63) is 35.9 Å². The highest BCUT2D eigenvalue weighted by molar-refractivity contribution is 5.23. The normalized spacial score (nSPS) is 24.9. The van der Waals surface area contributed by atoms with E-state index in [-0.39, 0.29) is 5.66 Å². The van der Waals surface area contributed by atoms with Crippen LogP contribution in [0.2, 0.25) is 0 Å². The van der Waals surface area contributed by atoms with E-state index in [4.69, 9.17) is 0 Å². The quantitative estimate of drug-likeness (QED) is 0.801. The lowest BCUT2D eigenvalue weighted by atomic mass is 9.92. The van der Waals surface area contributed by atoms with E-state index in [0.717, 1.165) is 12.5 Å². The van der Waals surface area contributed by atoms with Crippen LogP contribution in [0.5, 0.6) is 0 Å². The summed E-state index contributed by atoms with van der Waals surface area (Å²) in [5.74, 6) is 0.827. The van der Waals surface area contributed by atoms with E-state index in [1.54, 1.807) is 0 Å². The number of nitrogens with zero attached hydrogens (tertiary/aromatic N) is 1. The Morgan fingerprint density at radius 2 is 2.00 bits per heavy atom. The fourth-order valence-corrected chi connectivity index (χ4v) is 3.49. The fourth-order valence-electron chi connectivity index (χ4n) is 3.49. The van der Waals surface area contributed by atoms with Gasteiger partial charge < -0.3 is 0 Å². The zero-order chi connectivity index (χ0) is 15.1. The van der Waals surface area contributed by atoms with E-state index in [1.165, 1.54) is 50.8 Å². The monoisotopic (exact) mass is 288 g/mol. The van der Waals surface area contributed by atoms with Crippen LogP contribution >= 0.6 is 0 Å². The molecule has 2 atom stereocenters. The standard InChI is InChI=1S/C19H32N2/c1-4-6-11-17(5-2)16-21-15-10-14-20-19(21,3)18-12-8-7-9-13-18/h7-9,12-13,17,20H,4-6,10-11,14-16H2,1-3H3/t17-,19+/m1/s1. The molecule has 0 amide bonds. The molecule has 1 saturated heterocycles. The first-order valence-corrected chi connectivity index (χ1v) is 8.76. The van der Waals surface area contributed by atoms with Crippen molar-refractivity contribution in [1.29, 1.82) is 0 Å². The van der Waals surface area contributed by atoms with Crippen LogP contribution in [-0.4, -0.2) is 24.5 Å². The molecule has 118 valence electrons. The van der Waals surface area contributed by atoms with Crippen LogP contribution in [-0.2, 0) is 5.66 Å². The van der Waals surface area contributed by atoms with Gasteiger partial charge in [0.15, 0.2) is 0 Å². The van der Waals surface area contributed by atoms with Gasteiger partial charge in [-0.2, -0.15) is 0 Å². The number of hydrogen-bond donors (Lipinski definition) is 1. The van der Waals surface area contributed by atoms with E-state index >= 15 is 0 Å². The highest BCUT2D eigenvalue weighted by Gasteiger charge is 2.36. The van der Waals surface area contributed by atoms with Crippen molar-refractivity contribution in [1.82, 2.24) is 10.2 Å². The van der Waals surface area contributed by atoms with Crippen molar-refractivity contribution in [2.45, 2.75) is 58.5 Å². The van der Waals surface area contributed by atoms with Crippen LogP contribution in [0.25, 0.3) is 0 Å². The lowest BCUT2D eigenvalue weighted by Crippen LogP contribution is -2.59. The van der Waals surface area contributed by atoms with Crippen LogP contribution < -0.4 is 5.32 Å². The average molecular weight is 288 g/mol.